The van der Waals surface area contributed by atoms with E-state index in [1.165, 1.54) is 0 Å². The van der Waals surface area contributed by atoms with E-state index in [0.29, 0.717) is 0 Å². The fourth-order valence-corrected chi connectivity index (χ4v) is 0.563. The highest BCUT2D eigenvalue weighted by Crippen LogP contribution is 2.02. The molecule has 0 radical (unpaired) electrons. The minimum absolute atomic E-state index is 0.307. The van der Waals surface area contributed by atoms with Crippen LogP contribution in [0.2, 0.25) is 0 Å². The molecule has 0 amide bonds. The molecule has 11 heavy (non-hydrogen) atoms. The Morgan fingerprint density at radius 2 is 2.09 bits per heavy atom. The Morgan fingerprint density at radius 3 is 2.55 bits per heavy atom. The van der Waals surface area contributed by atoms with Crippen molar-refractivity contribution in [3.63, 3.8) is 0 Å². The molecular weight excluding hydrogens is 147 g/mol. The second kappa shape index (κ2) is 3.14. The third-order valence-electron chi connectivity index (χ3n) is 0.974. The molecule has 2 nitrogen and oxygen atoms in total. The molecule has 3 heteroatoms. The van der Waals surface area contributed by atoms with Crippen LogP contribution in [0.3, 0.4) is 0 Å². The zero-order chi connectivity index (χ0) is 11.7. The molecule has 0 aromatic heterocycles. The summed E-state index contributed by atoms with van der Waals surface area (Å²) in [6, 6.07) is -2.97. The molecule has 1 aromatic carbocycles. The molecule has 1 aromatic rings. The fourth-order valence-electron chi connectivity index (χ4n) is 0.563. The zero-order valence-corrected chi connectivity index (χ0v) is 5.44. The Bertz CT molecular complexity index is 404. The molecule has 0 atom stereocenters. The minimum Gasteiger partial charge on any atom is -0.481 e. The van der Waals surface area contributed by atoms with Crippen LogP contribution in [0.1, 0.15) is 11.0 Å². The van der Waals surface area contributed by atoms with Crippen molar-refractivity contribution in [1.82, 2.24) is 0 Å². The first-order valence-corrected chi connectivity index (χ1v) is 2.82. The summed E-state index contributed by atoms with van der Waals surface area (Å²) in [5.74, 6) is -2.55. The topological polar surface area (TPSA) is 37.3 Å². The monoisotopic (exact) mass is 158 g/mol. The fraction of sp³-hybridized carbons (Fsp3) is 0.125. The van der Waals surface area contributed by atoms with E-state index in [1.807, 2.05) is 0 Å². The predicted octanol–water partition coefficient (Wildman–Crippen LogP) is 1.45. The van der Waals surface area contributed by atoms with Gasteiger partial charge in [-0.2, -0.15) is 0 Å². The van der Waals surface area contributed by atoms with Gasteiger partial charge in [0.15, 0.2) is 0 Å². The van der Waals surface area contributed by atoms with E-state index in [0.717, 1.165) is 0 Å². The van der Waals surface area contributed by atoms with Gasteiger partial charge in [0.05, 0.1) is 11.9 Å². The van der Waals surface area contributed by atoms with Gasteiger partial charge in [-0.3, -0.25) is 4.79 Å². The molecule has 0 bridgehead atoms. The number of halogens is 1. The SMILES string of the molecule is [2H]c1c([2H])c(CC(=O)O)c([2H])c([2H])c1F. The van der Waals surface area contributed by atoms with Crippen molar-refractivity contribution in [2.45, 2.75) is 6.42 Å². The summed E-state index contributed by atoms with van der Waals surface area (Å²) < 4.78 is 41.8. The summed E-state index contributed by atoms with van der Waals surface area (Å²) in [6.07, 6.45) is -0.657. The van der Waals surface area contributed by atoms with E-state index in [1.54, 1.807) is 0 Å². The van der Waals surface area contributed by atoms with Crippen molar-refractivity contribution in [3.8, 4) is 0 Å². The second-order valence-corrected chi connectivity index (χ2v) is 1.86. The van der Waals surface area contributed by atoms with Crippen molar-refractivity contribution in [3.05, 3.63) is 35.6 Å². The highest BCUT2D eigenvalue weighted by molar-refractivity contribution is 5.70. The largest absolute Gasteiger partial charge is 0.481 e. The maximum absolute atomic E-state index is 13.0. The van der Waals surface area contributed by atoms with Crippen LogP contribution in [0, 0.1) is 5.82 Å². The third-order valence-corrected chi connectivity index (χ3v) is 0.974. The van der Waals surface area contributed by atoms with Crippen LogP contribution in [0.25, 0.3) is 0 Å². The Morgan fingerprint density at radius 1 is 1.55 bits per heavy atom. The standard InChI is InChI=1S/C8H7FO2/c9-7-3-1-6(2-4-7)5-8(10)11/h1-4H,5H2,(H,10,11)/i1D,2D,3D,4D. The molecule has 0 saturated carbocycles. The van der Waals surface area contributed by atoms with Gasteiger partial charge in [0.1, 0.15) is 5.82 Å². The summed E-state index contributed by atoms with van der Waals surface area (Å²) >= 11 is 0. The molecule has 0 fully saturated rings. The number of aliphatic carboxylic acids is 1. The number of rotatable bonds is 2. The van der Waals surface area contributed by atoms with E-state index in [2.05, 4.69) is 0 Å². The van der Waals surface area contributed by atoms with E-state index in [-0.39, 0.29) is 5.56 Å². The molecule has 0 aliphatic heterocycles. The second-order valence-electron chi connectivity index (χ2n) is 1.86. The van der Waals surface area contributed by atoms with Gasteiger partial charge in [-0.05, 0) is 17.6 Å². The minimum atomic E-state index is -1.29. The van der Waals surface area contributed by atoms with Crippen molar-refractivity contribution in [2.24, 2.45) is 0 Å². The van der Waals surface area contributed by atoms with Crippen molar-refractivity contribution in [1.29, 1.82) is 0 Å². The number of carboxylic acid groups (broad SMARTS) is 1. The van der Waals surface area contributed by atoms with E-state index < -0.39 is 42.4 Å². The van der Waals surface area contributed by atoms with Crippen LogP contribution < -0.4 is 0 Å². The summed E-state index contributed by atoms with van der Waals surface area (Å²) in [5.41, 5.74) is -0.307. The van der Waals surface area contributed by atoms with Gasteiger partial charge in [0.25, 0.3) is 0 Å². The molecule has 0 aliphatic rings. The predicted molar refractivity (Wildman–Crippen MR) is 37.7 cm³/mol. The first-order valence-electron chi connectivity index (χ1n) is 4.82. The molecule has 0 saturated heterocycles. The van der Waals surface area contributed by atoms with Crippen LogP contribution in [0.5, 0.6) is 0 Å². The van der Waals surface area contributed by atoms with Gasteiger partial charge in [-0.1, -0.05) is 12.1 Å². The lowest BCUT2D eigenvalue weighted by Gasteiger charge is -1.94. The summed E-state index contributed by atoms with van der Waals surface area (Å²) in [5, 5.41) is 8.48. The first kappa shape index (κ1) is 3.85. The third kappa shape index (κ3) is 2.37. The molecule has 0 spiro atoms. The van der Waals surface area contributed by atoms with Crippen LogP contribution in [0.15, 0.2) is 24.2 Å². The molecule has 1 rings (SSSR count). The Labute approximate surface area is 68.9 Å². The lowest BCUT2D eigenvalue weighted by atomic mass is 10.1. The van der Waals surface area contributed by atoms with Crippen LogP contribution in [0.4, 0.5) is 4.39 Å². The molecule has 0 aliphatic carbocycles. The Hall–Kier alpha value is -1.38. The van der Waals surface area contributed by atoms with Crippen molar-refractivity contribution >= 4 is 5.97 Å². The number of hydrogen-bond donors (Lipinski definition) is 1. The lowest BCUT2D eigenvalue weighted by molar-refractivity contribution is -0.136. The van der Waals surface area contributed by atoms with Gasteiger partial charge in [-0.15, -0.1) is 0 Å². The van der Waals surface area contributed by atoms with E-state index in [9.17, 15) is 9.18 Å². The molecule has 1 N–H and O–H groups in total. The number of hydrogen-bond acceptors (Lipinski definition) is 1. The molecule has 58 valence electrons. The smallest absolute Gasteiger partial charge is 0.307 e. The van der Waals surface area contributed by atoms with Gasteiger partial charge in [0.2, 0.25) is 0 Å². The van der Waals surface area contributed by atoms with E-state index >= 15 is 0 Å². The van der Waals surface area contributed by atoms with Gasteiger partial charge in [-0.25, -0.2) is 4.39 Å². The summed E-state index contributed by atoms with van der Waals surface area (Å²) in [4.78, 5) is 10.4. The number of benzene rings is 1. The van der Waals surface area contributed by atoms with Crippen LogP contribution in [-0.4, -0.2) is 11.1 Å². The Balaban J connectivity index is 3.45. The van der Waals surface area contributed by atoms with Crippen molar-refractivity contribution < 1.29 is 19.8 Å². The number of carbonyl (C=O) groups is 1. The van der Waals surface area contributed by atoms with Crippen LogP contribution in [-0.2, 0) is 11.2 Å². The highest BCUT2D eigenvalue weighted by Gasteiger charge is 1.98. The van der Waals surface area contributed by atoms with Gasteiger partial charge >= 0.3 is 5.97 Å². The molecule has 0 unspecified atom stereocenters. The quantitative estimate of drug-likeness (QED) is 0.707. The van der Waals surface area contributed by atoms with Gasteiger partial charge in [0, 0.05) is 0 Å². The zero-order valence-electron chi connectivity index (χ0n) is 9.44. The lowest BCUT2D eigenvalue weighted by Crippen LogP contribution is -1.99. The summed E-state index contributed by atoms with van der Waals surface area (Å²) in [6.45, 7) is 0. The summed E-state index contributed by atoms with van der Waals surface area (Å²) in [7, 11) is 0. The maximum Gasteiger partial charge on any atom is 0.307 e. The first-order chi connectivity index (χ1) is 6.86. The van der Waals surface area contributed by atoms with E-state index in [4.69, 9.17) is 10.6 Å². The molecular formula is C8H7FO2. The van der Waals surface area contributed by atoms with Crippen LogP contribution >= 0.6 is 0 Å². The maximum atomic E-state index is 13.0. The Kier molecular flexibility index (Phi) is 1.10. The molecule has 0 heterocycles. The highest BCUT2D eigenvalue weighted by atomic mass is 19.1. The average molecular weight is 158 g/mol. The van der Waals surface area contributed by atoms with Gasteiger partial charge < -0.3 is 5.11 Å². The normalized spacial score (nSPS) is 14.6. The average Bonchev–Trinajstić information content (AvgIpc) is 2.18. The number of carboxylic acids is 1. The van der Waals surface area contributed by atoms with Crippen molar-refractivity contribution in [2.75, 3.05) is 0 Å².